The van der Waals surface area contributed by atoms with Crippen LogP contribution >= 0.6 is 23.1 Å². The van der Waals surface area contributed by atoms with Crippen LogP contribution in [0.15, 0.2) is 79.6 Å². The quantitative estimate of drug-likeness (QED) is 0.0711. The Labute approximate surface area is 258 Å². The fourth-order valence-electron chi connectivity index (χ4n) is 4.43. The summed E-state index contributed by atoms with van der Waals surface area (Å²) in [6.45, 7) is 2.33. The second-order valence-electron chi connectivity index (χ2n) is 9.40. The molecule has 1 fully saturated rings. The van der Waals surface area contributed by atoms with Crippen LogP contribution < -0.4 is 16.4 Å². The van der Waals surface area contributed by atoms with Gasteiger partial charge in [0.05, 0.1) is 5.70 Å². The first-order valence-electron chi connectivity index (χ1n) is 13.0. The van der Waals surface area contributed by atoms with Crippen LogP contribution in [0.5, 0.6) is 0 Å². The fourth-order valence-corrected chi connectivity index (χ4v) is 6.32. The van der Waals surface area contributed by atoms with Gasteiger partial charge in [-0.05, 0) is 30.2 Å². The fraction of sp³-hybridized carbons (Fsp3) is 0.269. The number of azo groups is 1. The molecule has 16 nitrogen and oxygen atoms in total. The minimum Gasteiger partial charge on any atom is -0.477 e. The van der Waals surface area contributed by atoms with Crippen molar-refractivity contribution in [2.24, 2.45) is 15.4 Å². The number of aromatic nitrogens is 1. The number of thioether (sulfide) groups is 1. The number of hydrogen-bond donors (Lipinski definition) is 4. The lowest BCUT2D eigenvalue weighted by Gasteiger charge is -2.49. The van der Waals surface area contributed by atoms with E-state index in [2.05, 4.69) is 25.7 Å². The number of nitriles is 1. The Morgan fingerprint density at radius 1 is 1.30 bits per heavy atom. The summed E-state index contributed by atoms with van der Waals surface area (Å²) in [7, 11) is 0. The minimum atomic E-state index is -1.26. The molecule has 0 radical (unpaired) electrons. The van der Waals surface area contributed by atoms with E-state index in [1.54, 1.807) is 34.8 Å². The second-order valence-corrected chi connectivity index (χ2v) is 11.4. The molecule has 226 valence electrons. The highest BCUT2D eigenvalue weighted by Gasteiger charge is 2.54. The molecule has 0 unspecified atom stereocenters. The van der Waals surface area contributed by atoms with E-state index in [0.29, 0.717) is 29.0 Å². The van der Waals surface area contributed by atoms with Crippen LogP contribution in [-0.2, 0) is 24.0 Å². The van der Waals surface area contributed by atoms with E-state index in [1.807, 2.05) is 12.2 Å². The number of carboxylic acid groups (broad SMARTS) is 1. The first kappa shape index (κ1) is 30.2. The van der Waals surface area contributed by atoms with Gasteiger partial charge in [0.2, 0.25) is 0 Å². The summed E-state index contributed by atoms with van der Waals surface area (Å²) in [6, 6.07) is -0.978. The zero-order chi connectivity index (χ0) is 31.4. The molecular weight excluding hydrogens is 612 g/mol. The monoisotopic (exact) mass is 636 g/mol. The normalized spacial score (nSPS) is 20.7. The van der Waals surface area contributed by atoms with Gasteiger partial charge >= 0.3 is 5.97 Å². The van der Waals surface area contributed by atoms with Gasteiger partial charge in [0.25, 0.3) is 17.7 Å². The van der Waals surface area contributed by atoms with Crippen molar-refractivity contribution in [2.45, 2.75) is 24.8 Å². The highest BCUT2D eigenvalue weighted by atomic mass is 32.2. The minimum absolute atomic E-state index is 0.00167. The first-order valence-corrected chi connectivity index (χ1v) is 15.0. The molecule has 18 heteroatoms. The molecule has 0 aliphatic carbocycles. The molecule has 1 aromatic heterocycles. The largest absolute Gasteiger partial charge is 0.477 e. The van der Waals surface area contributed by atoms with Gasteiger partial charge in [-0.25, -0.2) is 9.78 Å². The van der Waals surface area contributed by atoms with Crippen LogP contribution in [0, 0.1) is 11.5 Å². The Kier molecular flexibility index (Phi) is 8.87. The molecule has 0 aromatic carbocycles. The Morgan fingerprint density at radius 3 is 2.73 bits per heavy atom. The number of nitrogen functional groups attached to an aromatic ring is 1. The van der Waals surface area contributed by atoms with Gasteiger partial charge < -0.3 is 25.9 Å². The van der Waals surface area contributed by atoms with Crippen molar-refractivity contribution >= 4 is 57.6 Å². The van der Waals surface area contributed by atoms with Gasteiger partial charge in [0.1, 0.15) is 29.4 Å². The van der Waals surface area contributed by atoms with Gasteiger partial charge in [-0.15, -0.1) is 33.3 Å². The van der Waals surface area contributed by atoms with Crippen LogP contribution in [0.25, 0.3) is 0 Å². The van der Waals surface area contributed by atoms with Crippen LogP contribution in [0.3, 0.4) is 0 Å². The lowest BCUT2D eigenvalue weighted by molar-refractivity contribution is -0.150. The third kappa shape index (κ3) is 6.09. The van der Waals surface area contributed by atoms with Gasteiger partial charge in [-0.3, -0.25) is 24.6 Å². The van der Waals surface area contributed by atoms with E-state index in [4.69, 9.17) is 15.8 Å². The number of aliphatic carboxylic acids is 1. The summed E-state index contributed by atoms with van der Waals surface area (Å²) in [5, 5.41) is 36.1. The van der Waals surface area contributed by atoms with Crippen molar-refractivity contribution in [2.75, 3.05) is 24.6 Å². The number of hydrogen-bond acceptors (Lipinski definition) is 14. The highest BCUT2D eigenvalue weighted by molar-refractivity contribution is 8.00. The number of oxime groups is 1. The zero-order valence-electron chi connectivity index (χ0n) is 23.0. The summed E-state index contributed by atoms with van der Waals surface area (Å²) in [5.74, 6) is -2.89. The molecule has 4 aliphatic heterocycles. The first-order chi connectivity index (χ1) is 21.2. The maximum atomic E-state index is 13.2. The number of carboxylic acids is 1. The molecular formula is C26H24N10O6S2. The van der Waals surface area contributed by atoms with Crippen molar-refractivity contribution in [3.63, 3.8) is 0 Å². The van der Waals surface area contributed by atoms with Gasteiger partial charge in [0.15, 0.2) is 22.7 Å². The van der Waals surface area contributed by atoms with E-state index < -0.39 is 35.1 Å². The summed E-state index contributed by atoms with van der Waals surface area (Å²) in [6.07, 6.45) is 10.5. The van der Waals surface area contributed by atoms with Gasteiger partial charge in [-0.1, -0.05) is 12.1 Å². The highest BCUT2D eigenvalue weighted by Crippen LogP contribution is 2.40. The molecule has 1 aromatic rings. The maximum absolute atomic E-state index is 13.2. The number of fused-ring (bicyclic) bond motifs is 1. The molecule has 5 rings (SSSR count). The molecule has 5 N–H and O–H groups in total. The van der Waals surface area contributed by atoms with Crippen molar-refractivity contribution in [1.29, 1.82) is 5.26 Å². The number of thiazole rings is 1. The molecule has 5 heterocycles. The predicted molar refractivity (Wildman–Crippen MR) is 158 cm³/mol. The molecule has 3 amide bonds. The second kappa shape index (κ2) is 12.9. The molecule has 0 bridgehead atoms. The van der Waals surface area contributed by atoms with Crippen LogP contribution in [-0.4, -0.2) is 79.6 Å². The summed E-state index contributed by atoms with van der Waals surface area (Å²) in [4.78, 5) is 62.6. The van der Waals surface area contributed by atoms with E-state index in [1.165, 1.54) is 28.9 Å². The van der Waals surface area contributed by atoms with Crippen molar-refractivity contribution in [1.82, 2.24) is 25.4 Å². The number of carbonyl (C=O) groups is 4. The summed E-state index contributed by atoms with van der Waals surface area (Å²) >= 11 is 2.45. The molecule has 4 aliphatic rings. The number of allylic oxidation sites excluding steroid dienone is 4. The molecule has 0 spiro atoms. The smallest absolute Gasteiger partial charge is 0.352 e. The number of carbonyl (C=O) groups excluding carboxylic acids is 3. The third-order valence-corrected chi connectivity index (χ3v) is 8.48. The lowest BCUT2D eigenvalue weighted by Crippen LogP contribution is -2.71. The lowest BCUT2D eigenvalue weighted by atomic mass is 10.0. The van der Waals surface area contributed by atoms with E-state index in [-0.39, 0.29) is 41.1 Å². The number of anilines is 1. The predicted octanol–water partition coefficient (Wildman–Crippen LogP) is 1.14. The summed E-state index contributed by atoms with van der Waals surface area (Å²) in [5.41, 5.74) is 7.21. The molecule has 2 atom stereocenters. The topological polar surface area (TPSA) is 228 Å². The Morgan fingerprint density at radius 2 is 2.07 bits per heavy atom. The number of nitrogens with one attached hydrogen (secondary N) is 2. The van der Waals surface area contributed by atoms with Crippen LogP contribution in [0.1, 0.15) is 19.0 Å². The van der Waals surface area contributed by atoms with Gasteiger partial charge in [-0.2, -0.15) is 5.26 Å². The van der Waals surface area contributed by atoms with Crippen molar-refractivity contribution in [3.05, 3.63) is 69.9 Å². The van der Waals surface area contributed by atoms with Gasteiger partial charge in [0, 0.05) is 35.7 Å². The average Bonchev–Trinajstić information content (AvgIpc) is 3.68. The third-order valence-electron chi connectivity index (χ3n) is 6.47. The van der Waals surface area contributed by atoms with Crippen LogP contribution in [0.2, 0.25) is 0 Å². The number of β-lactam (4-membered cyclic amide) rings is 1. The van der Waals surface area contributed by atoms with Crippen molar-refractivity contribution < 1.29 is 29.1 Å². The Bertz CT molecular complexity index is 1660. The van der Waals surface area contributed by atoms with E-state index in [9.17, 15) is 24.3 Å². The Balaban J connectivity index is 1.27. The van der Waals surface area contributed by atoms with E-state index >= 15 is 0 Å². The van der Waals surface area contributed by atoms with E-state index in [0.717, 1.165) is 11.3 Å². The number of amides is 3. The summed E-state index contributed by atoms with van der Waals surface area (Å²) < 4.78 is 0. The molecule has 1 saturated heterocycles. The number of nitrogens with two attached hydrogens (primary N) is 1. The number of rotatable bonds is 10. The maximum Gasteiger partial charge on any atom is 0.352 e. The standard InChI is InChI=1S/C26H24N10O6S2/c1-2-7-42-34-18(17-11-44-26(28)30-17)22(38)31-19-23(39)36-20(25(40)41)14(10-43-24(19)36)9-35-5-3-13(4-6-35)15-8-16(33-32-15)21(37)29-12-27/h3-6,8,11,19,24H,2,7,9-10H2,1H3,(H2,28,30)(H,29,37)(H,31,38)(H,40,41)/b34-18-/t19-,24-/m1/s1. The Hall–Kier alpha value is -5.28. The van der Waals surface area contributed by atoms with Crippen LogP contribution in [0.4, 0.5) is 5.13 Å². The SMILES string of the molecule is CCCO/N=C(\C(=O)N[C@@H]1C(=O)N2C(C(=O)O)=C(CN3C=CC(=C4C=C(C(=O)NC#N)N=N4)C=C3)CS[C@H]12)c1csc(N)n1. The zero-order valence-corrected chi connectivity index (χ0v) is 24.6. The molecule has 0 saturated carbocycles. The average molecular weight is 637 g/mol. The number of nitrogens with zero attached hydrogens (tertiary/aromatic N) is 7. The van der Waals surface area contributed by atoms with Crippen molar-refractivity contribution in [3.8, 4) is 6.19 Å². The molecule has 44 heavy (non-hydrogen) atoms.